The third-order valence-corrected chi connectivity index (χ3v) is 5.37. The zero-order chi connectivity index (χ0) is 21.6. The number of rotatable bonds is 8. The van der Waals surface area contributed by atoms with Crippen molar-refractivity contribution in [1.29, 1.82) is 0 Å². The van der Waals surface area contributed by atoms with Gasteiger partial charge in [0.2, 0.25) is 0 Å². The number of hydrogen-bond donors (Lipinski definition) is 2. The number of anilines is 2. The summed E-state index contributed by atoms with van der Waals surface area (Å²) in [6.07, 6.45) is 1.62. The van der Waals surface area contributed by atoms with E-state index in [1.807, 2.05) is 0 Å². The number of para-hydroxylation sites is 1. The van der Waals surface area contributed by atoms with Crippen molar-refractivity contribution < 1.29 is 22.3 Å². The van der Waals surface area contributed by atoms with Crippen LogP contribution >= 0.6 is 0 Å². The molecule has 0 aromatic heterocycles. The molecule has 0 bridgehead atoms. The minimum absolute atomic E-state index is 0.137. The smallest absolute Gasteiger partial charge is 0.262 e. The Morgan fingerprint density at radius 1 is 1.03 bits per heavy atom. The van der Waals surface area contributed by atoms with Gasteiger partial charge in [0.15, 0.2) is 0 Å². The molecular formula is C22H19FN2O4S. The second kappa shape index (κ2) is 9.23. The highest BCUT2D eigenvalue weighted by Crippen LogP contribution is 2.21. The lowest BCUT2D eigenvalue weighted by atomic mass is 10.2. The molecule has 8 heteroatoms. The van der Waals surface area contributed by atoms with Crippen LogP contribution in [-0.4, -0.2) is 20.9 Å². The van der Waals surface area contributed by atoms with Gasteiger partial charge in [0.1, 0.15) is 18.2 Å². The van der Waals surface area contributed by atoms with Crippen LogP contribution in [-0.2, 0) is 10.0 Å². The van der Waals surface area contributed by atoms with Crippen molar-refractivity contribution in [3.05, 3.63) is 96.8 Å². The van der Waals surface area contributed by atoms with E-state index in [1.165, 1.54) is 42.5 Å². The topological polar surface area (TPSA) is 84.5 Å². The summed E-state index contributed by atoms with van der Waals surface area (Å²) >= 11 is 0. The van der Waals surface area contributed by atoms with Crippen molar-refractivity contribution in [1.82, 2.24) is 0 Å². The number of sulfonamides is 1. The zero-order valence-corrected chi connectivity index (χ0v) is 16.7. The van der Waals surface area contributed by atoms with Crippen LogP contribution < -0.4 is 14.8 Å². The zero-order valence-electron chi connectivity index (χ0n) is 15.8. The molecule has 0 aliphatic rings. The highest BCUT2D eigenvalue weighted by atomic mass is 32.2. The standard InChI is InChI=1S/C22H19FN2O4S/c1-2-14-29-18-12-10-17(11-13-18)24-22(26)16-6-5-7-19(15-16)30(27,28)25-21-9-4-3-8-20(21)23/h2-13,15,25H,1,14H2,(H,24,26). The second-order valence-corrected chi connectivity index (χ2v) is 7.87. The average Bonchev–Trinajstić information content (AvgIpc) is 2.75. The molecule has 6 nitrogen and oxygen atoms in total. The van der Waals surface area contributed by atoms with Gasteiger partial charge in [-0.15, -0.1) is 0 Å². The maximum atomic E-state index is 13.8. The highest BCUT2D eigenvalue weighted by molar-refractivity contribution is 7.92. The van der Waals surface area contributed by atoms with Gasteiger partial charge in [0, 0.05) is 11.3 Å². The van der Waals surface area contributed by atoms with E-state index >= 15 is 0 Å². The average molecular weight is 426 g/mol. The molecule has 0 saturated carbocycles. The summed E-state index contributed by atoms with van der Waals surface area (Å²) in [6, 6.07) is 17.6. The van der Waals surface area contributed by atoms with Gasteiger partial charge in [-0.3, -0.25) is 9.52 Å². The SMILES string of the molecule is C=CCOc1ccc(NC(=O)c2cccc(S(=O)(=O)Nc3ccccc3F)c2)cc1. The predicted octanol–water partition coefficient (Wildman–Crippen LogP) is 4.44. The van der Waals surface area contributed by atoms with E-state index < -0.39 is 21.7 Å². The Kier molecular flexibility index (Phi) is 6.48. The maximum Gasteiger partial charge on any atom is 0.262 e. The minimum Gasteiger partial charge on any atom is -0.490 e. The first-order valence-corrected chi connectivity index (χ1v) is 10.4. The number of hydrogen-bond acceptors (Lipinski definition) is 4. The molecule has 0 aliphatic heterocycles. The van der Waals surface area contributed by atoms with E-state index in [0.29, 0.717) is 18.0 Å². The fourth-order valence-corrected chi connectivity index (χ4v) is 3.66. The molecule has 3 aromatic rings. The Labute approximate surface area is 174 Å². The normalized spacial score (nSPS) is 10.8. The minimum atomic E-state index is -4.07. The number of carbonyl (C=O) groups excluding carboxylic acids is 1. The molecule has 0 radical (unpaired) electrons. The lowest BCUT2D eigenvalue weighted by molar-refractivity contribution is 0.102. The van der Waals surface area contributed by atoms with Gasteiger partial charge in [-0.05, 0) is 54.6 Å². The number of amides is 1. The Bertz CT molecular complexity index is 1160. The largest absolute Gasteiger partial charge is 0.490 e. The summed E-state index contributed by atoms with van der Waals surface area (Å²) in [4.78, 5) is 12.4. The highest BCUT2D eigenvalue weighted by Gasteiger charge is 2.18. The van der Waals surface area contributed by atoms with E-state index in [1.54, 1.807) is 30.3 Å². The molecule has 3 rings (SSSR count). The lowest BCUT2D eigenvalue weighted by Gasteiger charge is -2.11. The van der Waals surface area contributed by atoms with Crippen LogP contribution in [0.3, 0.4) is 0 Å². The number of halogens is 1. The van der Waals surface area contributed by atoms with E-state index in [-0.39, 0.29) is 16.1 Å². The van der Waals surface area contributed by atoms with Gasteiger partial charge >= 0.3 is 0 Å². The Balaban J connectivity index is 1.75. The summed E-state index contributed by atoms with van der Waals surface area (Å²) < 4.78 is 46.5. The summed E-state index contributed by atoms with van der Waals surface area (Å²) in [5.41, 5.74) is 0.480. The van der Waals surface area contributed by atoms with Crippen molar-refractivity contribution in [2.24, 2.45) is 0 Å². The fourth-order valence-electron chi connectivity index (χ4n) is 2.55. The lowest BCUT2D eigenvalue weighted by Crippen LogP contribution is -2.16. The van der Waals surface area contributed by atoms with E-state index in [9.17, 15) is 17.6 Å². The van der Waals surface area contributed by atoms with Crippen molar-refractivity contribution in [3.8, 4) is 5.75 Å². The van der Waals surface area contributed by atoms with E-state index in [4.69, 9.17) is 4.74 Å². The summed E-state index contributed by atoms with van der Waals surface area (Å²) in [5.74, 6) is -0.562. The quantitative estimate of drug-likeness (QED) is 0.522. The first kappa shape index (κ1) is 21.1. The molecule has 1 amide bonds. The van der Waals surface area contributed by atoms with E-state index in [2.05, 4.69) is 16.6 Å². The van der Waals surface area contributed by atoms with Crippen LogP contribution in [0.15, 0.2) is 90.3 Å². The van der Waals surface area contributed by atoms with Crippen molar-refractivity contribution >= 4 is 27.3 Å². The summed E-state index contributed by atoms with van der Waals surface area (Å²) in [7, 11) is -4.07. The fraction of sp³-hybridized carbons (Fsp3) is 0.0455. The molecule has 3 aromatic carbocycles. The Morgan fingerprint density at radius 3 is 2.47 bits per heavy atom. The summed E-state index contributed by atoms with van der Waals surface area (Å²) in [5, 5.41) is 2.69. The van der Waals surface area contributed by atoms with Gasteiger partial charge in [0.25, 0.3) is 15.9 Å². The van der Waals surface area contributed by atoms with Crippen molar-refractivity contribution in [2.75, 3.05) is 16.6 Å². The monoisotopic (exact) mass is 426 g/mol. The van der Waals surface area contributed by atoms with Gasteiger partial charge in [-0.2, -0.15) is 0 Å². The molecule has 154 valence electrons. The van der Waals surface area contributed by atoms with Crippen LogP contribution in [0.4, 0.5) is 15.8 Å². The van der Waals surface area contributed by atoms with Crippen LogP contribution in [0.2, 0.25) is 0 Å². The Morgan fingerprint density at radius 2 is 1.77 bits per heavy atom. The van der Waals surface area contributed by atoms with Crippen LogP contribution in [0.5, 0.6) is 5.75 Å². The van der Waals surface area contributed by atoms with Crippen molar-refractivity contribution in [2.45, 2.75) is 4.90 Å². The maximum absolute atomic E-state index is 13.8. The number of nitrogens with one attached hydrogen (secondary N) is 2. The second-order valence-electron chi connectivity index (χ2n) is 6.19. The molecule has 2 N–H and O–H groups in total. The third-order valence-electron chi connectivity index (χ3n) is 4.00. The van der Waals surface area contributed by atoms with Gasteiger partial charge in [-0.25, -0.2) is 12.8 Å². The van der Waals surface area contributed by atoms with Crippen molar-refractivity contribution in [3.63, 3.8) is 0 Å². The number of ether oxygens (including phenoxy) is 1. The van der Waals surface area contributed by atoms with Gasteiger partial charge in [0.05, 0.1) is 10.6 Å². The van der Waals surface area contributed by atoms with Crippen LogP contribution in [0.1, 0.15) is 10.4 Å². The van der Waals surface area contributed by atoms with Crippen LogP contribution in [0.25, 0.3) is 0 Å². The predicted molar refractivity (Wildman–Crippen MR) is 114 cm³/mol. The molecule has 0 unspecified atom stereocenters. The molecular weight excluding hydrogens is 407 g/mol. The molecule has 0 heterocycles. The summed E-state index contributed by atoms with van der Waals surface area (Å²) in [6.45, 7) is 3.94. The molecule has 0 spiro atoms. The number of carbonyl (C=O) groups is 1. The van der Waals surface area contributed by atoms with Crippen LogP contribution in [0, 0.1) is 5.82 Å². The molecule has 30 heavy (non-hydrogen) atoms. The third kappa shape index (κ3) is 5.24. The molecule has 0 atom stereocenters. The van der Waals surface area contributed by atoms with Gasteiger partial charge in [-0.1, -0.05) is 30.9 Å². The molecule has 0 saturated heterocycles. The first-order valence-electron chi connectivity index (χ1n) is 8.91. The molecule has 0 aliphatic carbocycles. The number of benzene rings is 3. The Hall–Kier alpha value is -3.65. The molecule has 0 fully saturated rings. The van der Waals surface area contributed by atoms with Gasteiger partial charge < -0.3 is 10.1 Å². The first-order chi connectivity index (χ1) is 14.4. The van der Waals surface area contributed by atoms with E-state index in [0.717, 1.165) is 6.07 Å².